The van der Waals surface area contributed by atoms with Crippen LogP contribution in [0.5, 0.6) is 0 Å². The quantitative estimate of drug-likeness (QED) is 0.368. The molecule has 0 heterocycles. The van der Waals surface area contributed by atoms with Gasteiger partial charge in [-0.1, -0.05) is 0 Å². The maximum absolute atomic E-state index is 7.81. The monoisotopic (exact) mass is 502 g/mol. The third-order valence-corrected chi connectivity index (χ3v) is 52.2. The van der Waals surface area contributed by atoms with Crippen LogP contribution < -0.4 is 0 Å². The number of benzene rings is 2. The Balaban J connectivity index is 2.00. The molecule has 1 atom stereocenters. The summed E-state index contributed by atoms with van der Waals surface area (Å²) in [7, 11) is 15.6. The normalized spacial score (nSPS) is 18.7. The van der Waals surface area contributed by atoms with Crippen LogP contribution in [0.4, 0.5) is 0 Å². The predicted octanol–water partition coefficient (Wildman–Crippen LogP) is 8.29. The topological polar surface area (TPSA) is 0 Å². The van der Waals surface area contributed by atoms with E-state index in [9.17, 15) is 0 Å². The van der Waals surface area contributed by atoms with E-state index < -0.39 is 20.4 Å². The average Bonchev–Trinajstić information content (AvgIpc) is 3.37. The average molecular weight is 505 g/mol. The Labute approximate surface area is 176 Å². The fraction of sp³-hybridized carbons (Fsp3) is 0.250. The summed E-state index contributed by atoms with van der Waals surface area (Å²) in [4.78, 5) is 0. The molecule has 0 saturated heterocycles. The molecule has 2 aromatic rings. The molecule has 2 aliphatic carbocycles. The summed E-state index contributed by atoms with van der Waals surface area (Å²) < 4.78 is 1.55. The SMILES string of the molecule is CCC1=Cc2c(-c3ccccc3)cccc2[CH]1[Zr]([Cl])([Cl])([C]1=CC=CC1)=[Si](C)C. The number of halogens is 2. The zero-order valence-corrected chi connectivity index (χ0v) is 21.6. The van der Waals surface area contributed by atoms with Gasteiger partial charge in [-0.15, -0.1) is 0 Å². The zero-order valence-electron chi connectivity index (χ0n) is 16.7. The van der Waals surface area contributed by atoms with E-state index in [2.05, 4.69) is 92.9 Å². The van der Waals surface area contributed by atoms with E-state index in [4.69, 9.17) is 17.0 Å². The first-order chi connectivity index (χ1) is 13.4. The van der Waals surface area contributed by atoms with Crippen LogP contribution in [0, 0.1) is 0 Å². The molecule has 0 saturated carbocycles. The summed E-state index contributed by atoms with van der Waals surface area (Å²) in [5.74, 6) is 0. The standard InChI is InChI=1S/C17H15.C5H5.C2H6Si.2ClH.Zr/c1-2-13-11-15-9-6-10-16(17(15)12-13)14-7-4-3-5-8-14;1-2-4-5-3-1;1-3-2;;;/h3-12H,2H2,1H3;1-3H,4H2;1-2H3;2*1H;/q;;;;;+2/p-2. The molecular formula is C24H26Cl2SiZr. The second kappa shape index (κ2) is 7.55. The van der Waals surface area contributed by atoms with Crippen molar-refractivity contribution in [1.29, 1.82) is 0 Å². The minimum absolute atomic E-state index is 0.198. The van der Waals surface area contributed by atoms with E-state index in [0.29, 0.717) is 0 Å². The van der Waals surface area contributed by atoms with Gasteiger partial charge in [0, 0.05) is 0 Å². The van der Waals surface area contributed by atoms with Gasteiger partial charge in [0.2, 0.25) is 0 Å². The van der Waals surface area contributed by atoms with Crippen LogP contribution in [0.15, 0.2) is 75.6 Å². The van der Waals surface area contributed by atoms with E-state index in [1.807, 2.05) is 0 Å². The third kappa shape index (κ3) is 3.03. The van der Waals surface area contributed by atoms with E-state index in [1.54, 1.807) is 0 Å². The van der Waals surface area contributed by atoms with Gasteiger partial charge in [-0.05, 0) is 0 Å². The number of hydrogen-bond donors (Lipinski definition) is 0. The molecule has 0 fully saturated rings. The van der Waals surface area contributed by atoms with Gasteiger partial charge in [-0.2, -0.15) is 0 Å². The summed E-state index contributed by atoms with van der Waals surface area (Å²) >= 11 is -4.27. The Morgan fingerprint density at radius 1 is 1.04 bits per heavy atom. The van der Waals surface area contributed by atoms with Gasteiger partial charge in [0.05, 0.1) is 0 Å². The predicted molar refractivity (Wildman–Crippen MR) is 124 cm³/mol. The summed E-state index contributed by atoms with van der Waals surface area (Å²) in [5, 5.41) is 0. The molecule has 28 heavy (non-hydrogen) atoms. The van der Waals surface area contributed by atoms with Crippen LogP contribution in [0.2, 0.25) is 13.1 Å². The zero-order chi connectivity index (χ0) is 20.0. The Morgan fingerprint density at radius 2 is 1.79 bits per heavy atom. The molecule has 0 bridgehead atoms. The Morgan fingerprint density at radius 3 is 2.39 bits per heavy atom. The van der Waals surface area contributed by atoms with Gasteiger partial charge in [0.15, 0.2) is 0 Å². The summed E-state index contributed by atoms with van der Waals surface area (Å²) in [6.07, 6.45) is 10.9. The number of rotatable bonds is 4. The Bertz CT molecular complexity index is 1100. The van der Waals surface area contributed by atoms with Crippen molar-refractivity contribution in [1.82, 2.24) is 0 Å². The van der Waals surface area contributed by atoms with Crippen LogP contribution in [-0.2, 0) is 15.0 Å². The van der Waals surface area contributed by atoms with Gasteiger partial charge < -0.3 is 0 Å². The molecule has 0 nitrogen and oxygen atoms in total. The first-order valence-electron chi connectivity index (χ1n) is 10.0. The molecule has 0 spiro atoms. The van der Waals surface area contributed by atoms with Gasteiger partial charge in [-0.25, -0.2) is 0 Å². The van der Waals surface area contributed by atoms with Crippen LogP contribution in [-0.4, -0.2) is 5.43 Å². The molecule has 4 rings (SSSR count). The first-order valence-corrected chi connectivity index (χ1v) is 25.2. The molecule has 0 amide bonds. The molecule has 0 radical (unpaired) electrons. The molecule has 1 unspecified atom stereocenters. The van der Waals surface area contributed by atoms with Crippen molar-refractivity contribution in [3.8, 4) is 11.1 Å². The molecule has 2 aliphatic rings. The molecule has 144 valence electrons. The Kier molecular flexibility index (Phi) is 5.55. The van der Waals surface area contributed by atoms with Crippen molar-refractivity contribution in [2.24, 2.45) is 0 Å². The van der Waals surface area contributed by atoms with Crippen molar-refractivity contribution in [3.63, 3.8) is 0 Å². The van der Waals surface area contributed by atoms with Crippen LogP contribution >= 0.6 is 17.0 Å². The van der Waals surface area contributed by atoms with E-state index in [0.717, 1.165) is 12.8 Å². The van der Waals surface area contributed by atoms with Crippen LogP contribution in [0.3, 0.4) is 0 Å². The molecule has 2 aromatic carbocycles. The van der Waals surface area contributed by atoms with Crippen LogP contribution in [0.1, 0.15) is 34.5 Å². The van der Waals surface area contributed by atoms with Gasteiger partial charge in [0.25, 0.3) is 0 Å². The van der Waals surface area contributed by atoms with Crippen molar-refractivity contribution >= 4 is 28.5 Å². The van der Waals surface area contributed by atoms with Crippen LogP contribution in [0.25, 0.3) is 17.2 Å². The first kappa shape index (κ1) is 20.6. The second-order valence-corrected chi connectivity index (χ2v) is 46.1. The van der Waals surface area contributed by atoms with Crippen molar-refractivity contribution < 1.29 is 15.0 Å². The molecular weight excluding hydrogens is 478 g/mol. The minimum atomic E-state index is -4.27. The maximum atomic E-state index is 7.81. The van der Waals surface area contributed by atoms with Gasteiger partial charge in [-0.3, -0.25) is 0 Å². The molecule has 0 aliphatic heterocycles. The van der Waals surface area contributed by atoms with Crippen molar-refractivity contribution in [3.05, 3.63) is 86.7 Å². The van der Waals surface area contributed by atoms with Gasteiger partial charge >= 0.3 is 178 Å². The van der Waals surface area contributed by atoms with E-state index >= 15 is 0 Å². The fourth-order valence-corrected chi connectivity index (χ4v) is 30.2. The number of allylic oxidation sites excluding steroid dienone is 5. The molecule has 0 N–H and O–H groups in total. The summed E-state index contributed by atoms with van der Waals surface area (Å²) in [6.45, 7) is 6.91. The van der Waals surface area contributed by atoms with Crippen molar-refractivity contribution in [2.75, 3.05) is 0 Å². The van der Waals surface area contributed by atoms with E-state index in [1.165, 1.54) is 31.1 Å². The molecule has 4 heteroatoms. The number of hydrogen-bond acceptors (Lipinski definition) is 0. The van der Waals surface area contributed by atoms with Gasteiger partial charge in [0.1, 0.15) is 0 Å². The van der Waals surface area contributed by atoms with E-state index in [-0.39, 0.29) is 3.63 Å². The second-order valence-electron chi connectivity index (χ2n) is 8.09. The summed E-state index contributed by atoms with van der Waals surface area (Å²) in [5.41, 5.74) is 5.74. The number of fused-ring (bicyclic) bond motifs is 1. The molecule has 0 aromatic heterocycles. The Hall–Kier alpha value is -0.660. The fourth-order valence-electron chi connectivity index (χ4n) is 4.82. The summed E-state index contributed by atoms with van der Waals surface area (Å²) in [6, 6.07) is 17.3. The van der Waals surface area contributed by atoms with Crippen molar-refractivity contribution in [2.45, 2.75) is 36.5 Å². The third-order valence-electron chi connectivity index (χ3n) is 6.43.